The number of ether oxygens (including phenoxy) is 1. The Morgan fingerprint density at radius 3 is 2.36 bits per heavy atom. The Morgan fingerprint density at radius 2 is 1.70 bits per heavy atom. The van der Waals surface area contributed by atoms with Crippen molar-refractivity contribution < 1.29 is 45.8 Å². The topological polar surface area (TPSA) is 110 Å². The number of fused-ring (bicyclic) bond motifs is 3. The monoisotopic (exact) mass is 789 g/mol. The number of hydrogen-bond donors (Lipinski definition) is 2. The number of rotatable bonds is 9. The third-order valence-electron chi connectivity index (χ3n) is 13.4. The van der Waals surface area contributed by atoms with Crippen molar-refractivity contribution in [1.82, 2.24) is 24.8 Å². The van der Waals surface area contributed by atoms with Crippen LogP contribution in [0, 0.1) is 23.7 Å². The number of carboxylic acid groups (broad SMARTS) is 1. The lowest BCUT2D eigenvalue weighted by molar-refractivity contribution is -0.155. The minimum Gasteiger partial charge on any atom is -0.490 e. The van der Waals surface area contributed by atoms with Crippen LogP contribution in [0.2, 0.25) is 0 Å². The van der Waals surface area contributed by atoms with Gasteiger partial charge in [-0.2, -0.15) is 13.2 Å². The Bertz CT molecular complexity index is 1980. The van der Waals surface area contributed by atoms with Crippen LogP contribution >= 0.6 is 0 Å². The molecule has 5 atom stereocenters. The van der Waals surface area contributed by atoms with E-state index in [1.165, 1.54) is 0 Å². The number of nitrogens with one attached hydrogen (secondary N) is 1. The van der Waals surface area contributed by atoms with Crippen molar-refractivity contribution in [2.75, 3.05) is 19.6 Å². The van der Waals surface area contributed by atoms with Gasteiger partial charge in [-0.05, 0) is 100 Å². The van der Waals surface area contributed by atoms with Crippen LogP contribution < -0.4 is 10.1 Å². The van der Waals surface area contributed by atoms with Gasteiger partial charge in [0.25, 0.3) is 5.91 Å². The zero-order valence-corrected chi connectivity index (χ0v) is 31.7. The lowest BCUT2D eigenvalue weighted by Crippen LogP contribution is -2.66. The predicted octanol–water partition coefficient (Wildman–Crippen LogP) is 8.86. The number of nitrogens with zero attached hydrogens (tertiary/aromatic N) is 4. The molecule has 1 saturated heterocycles. The summed E-state index contributed by atoms with van der Waals surface area (Å²) in [6.07, 6.45) is 1.93. The zero-order chi connectivity index (χ0) is 39.8. The first-order valence-electron chi connectivity index (χ1n) is 20.0. The smallest absolute Gasteiger partial charge is 0.434 e. The van der Waals surface area contributed by atoms with E-state index in [0.29, 0.717) is 81.2 Å². The minimum absolute atomic E-state index is 0.133. The first-order valence-corrected chi connectivity index (χ1v) is 20.0. The second-order valence-corrected chi connectivity index (χ2v) is 17.6. The van der Waals surface area contributed by atoms with E-state index < -0.39 is 58.3 Å². The van der Waals surface area contributed by atoms with Crippen molar-refractivity contribution in [3.05, 3.63) is 41.9 Å². The molecule has 0 radical (unpaired) electrons. The highest BCUT2D eigenvalue weighted by Gasteiger charge is 2.57. The number of likely N-dealkylation sites (tertiary alicyclic amines) is 1. The Labute approximate surface area is 321 Å². The number of amides is 1. The van der Waals surface area contributed by atoms with Gasteiger partial charge in [-0.3, -0.25) is 9.69 Å². The third kappa shape index (κ3) is 7.48. The van der Waals surface area contributed by atoms with Gasteiger partial charge in [0.15, 0.2) is 11.5 Å². The Kier molecular flexibility index (Phi) is 9.88. The fourth-order valence-electron chi connectivity index (χ4n) is 10.4. The van der Waals surface area contributed by atoms with E-state index >= 15 is 0 Å². The van der Waals surface area contributed by atoms with Gasteiger partial charge in [0.2, 0.25) is 5.92 Å². The van der Waals surface area contributed by atoms with Crippen LogP contribution in [-0.4, -0.2) is 79.3 Å². The van der Waals surface area contributed by atoms with Crippen LogP contribution in [-0.2, 0) is 11.0 Å². The summed E-state index contributed by atoms with van der Waals surface area (Å²) in [4.78, 5) is 37.1. The van der Waals surface area contributed by atoms with Crippen molar-refractivity contribution in [2.24, 2.45) is 23.7 Å². The van der Waals surface area contributed by atoms with Crippen molar-refractivity contribution >= 4 is 22.8 Å². The second kappa shape index (κ2) is 14.2. The Balaban J connectivity index is 1.11. The molecule has 4 saturated carbocycles. The van der Waals surface area contributed by atoms with Crippen LogP contribution in [0.15, 0.2) is 30.6 Å². The quantitative estimate of drug-likeness (QED) is 0.209. The number of benzene rings is 1. The number of hydrogen-bond acceptors (Lipinski definition) is 6. The van der Waals surface area contributed by atoms with Gasteiger partial charge in [-0.1, -0.05) is 13.8 Å². The molecule has 304 valence electrons. The van der Waals surface area contributed by atoms with Crippen molar-refractivity contribution in [2.45, 2.75) is 126 Å². The van der Waals surface area contributed by atoms with E-state index in [4.69, 9.17) is 4.74 Å². The van der Waals surface area contributed by atoms with Gasteiger partial charge in [0, 0.05) is 67.9 Å². The zero-order valence-electron chi connectivity index (χ0n) is 31.7. The summed E-state index contributed by atoms with van der Waals surface area (Å²) in [6, 6.07) is 4.79. The molecule has 2 N–H and O–H groups in total. The number of carbonyl (C=O) groups excluding carboxylic acids is 1. The summed E-state index contributed by atoms with van der Waals surface area (Å²) in [5.41, 5.74) is -4.41. The molecule has 0 spiro atoms. The van der Waals surface area contributed by atoms with Gasteiger partial charge in [0.05, 0.1) is 11.1 Å². The maximum atomic E-state index is 14.8. The number of piperidine rings is 1. The SMILES string of the molecule is CC1CC2CC(C)C(NC(=O)c3cnc(-c4cn(C5CCC(F)(F)CC5)c5cc(OC6CCN(CC7(F)CC7)CC6)ccc45)nc3C(F)(F)F)(C(=O)O)C(C1)C2. The molecule has 2 aromatic heterocycles. The highest BCUT2D eigenvalue weighted by molar-refractivity contribution is 6.00. The standard InChI is InChI=1S/C41H49F6N5O4/c1-23-15-25-17-24(2)40(37(54)55,26(16-23)18-25)50-36(53)31-20-48-35(49-34(31)41(45,46)47)32-21-52(27-5-9-39(43,44)10-6-27)33-19-29(3-4-30(32)33)56-28-7-13-51(14-8-28)22-38(42)11-12-38/h3-4,19-21,23-28H,5-18,22H2,1-2H3,(H,50,53)(H,54,55). The summed E-state index contributed by atoms with van der Waals surface area (Å²) in [6.45, 7) is 5.57. The van der Waals surface area contributed by atoms with E-state index in [0.717, 1.165) is 12.6 Å². The Morgan fingerprint density at radius 1 is 0.982 bits per heavy atom. The second-order valence-electron chi connectivity index (χ2n) is 17.6. The third-order valence-corrected chi connectivity index (χ3v) is 13.4. The molecule has 5 unspecified atom stereocenters. The molecule has 4 aliphatic carbocycles. The lowest BCUT2D eigenvalue weighted by atomic mass is 9.56. The normalized spacial score (nSPS) is 29.6. The molecule has 15 heteroatoms. The molecule has 9 nitrogen and oxygen atoms in total. The lowest BCUT2D eigenvalue weighted by Gasteiger charge is -2.52. The van der Waals surface area contributed by atoms with Gasteiger partial charge < -0.3 is 19.7 Å². The molecule has 3 aromatic rings. The number of carbonyl (C=O) groups is 2. The maximum absolute atomic E-state index is 14.8. The van der Waals surface area contributed by atoms with Crippen LogP contribution in [0.1, 0.15) is 113 Å². The summed E-state index contributed by atoms with van der Waals surface area (Å²) < 4.78 is 95.5. The summed E-state index contributed by atoms with van der Waals surface area (Å²) in [5.74, 6) is -5.54. The largest absolute Gasteiger partial charge is 0.490 e. The van der Waals surface area contributed by atoms with E-state index in [1.54, 1.807) is 35.9 Å². The summed E-state index contributed by atoms with van der Waals surface area (Å²) in [5, 5.41) is 13.6. The molecule has 56 heavy (non-hydrogen) atoms. The molecular formula is C41H49F6N5O4. The van der Waals surface area contributed by atoms with Crippen LogP contribution in [0.4, 0.5) is 26.3 Å². The van der Waals surface area contributed by atoms with Crippen LogP contribution in [0.25, 0.3) is 22.3 Å². The van der Waals surface area contributed by atoms with E-state index in [1.807, 2.05) is 6.92 Å². The number of aromatic nitrogens is 3. The van der Waals surface area contributed by atoms with E-state index in [9.17, 15) is 41.0 Å². The van der Waals surface area contributed by atoms with Gasteiger partial charge in [-0.25, -0.2) is 27.9 Å². The first-order chi connectivity index (χ1) is 26.4. The predicted molar refractivity (Wildman–Crippen MR) is 195 cm³/mol. The molecule has 2 bridgehead atoms. The average Bonchev–Trinajstić information content (AvgIpc) is 3.74. The van der Waals surface area contributed by atoms with Crippen molar-refractivity contribution in [3.63, 3.8) is 0 Å². The molecule has 3 heterocycles. The minimum atomic E-state index is -5.10. The molecule has 5 aliphatic rings. The van der Waals surface area contributed by atoms with Gasteiger partial charge in [-0.15, -0.1) is 0 Å². The number of aliphatic carboxylic acids is 1. The van der Waals surface area contributed by atoms with Gasteiger partial charge in [0.1, 0.15) is 23.1 Å². The number of alkyl halides is 6. The molecule has 5 fully saturated rings. The highest BCUT2D eigenvalue weighted by atomic mass is 19.4. The average molecular weight is 790 g/mol. The molecule has 8 rings (SSSR count). The molecule has 1 aromatic carbocycles. The summed E-state index contributed by atoms with van der Waals surface area (Å²) in [7, 11) is 0. The van der Waals surface area contributed by atoms with Crippen molar-refractivity contribution in [1.29, 1.82) is 0 Å². The fraction of sp³-hybridized carbons (Fsp3) is 0.659. The molecule has 1 aliphatic heterocycles. The maximum Gasteiger partial charge on any atom is 0.434 e. The van der Waals surface area contributed by atoms with Gasteiger partial charge >= 0.3 is 12.1 Å². The number of halogens is 6. The van der Waals surface area contributed by atoms with Crippen molar-refractivity contribution in [3.8, 4) is 17.1 Å². The van der Waals surface area contributed by atoms with E-state index in [-0.39, 0.29) is 61.1 Å². The molecular weight excluding hydrogens is 740 g/mol. The summed E-state index contributed by atoms with van der Waals surface area (Å²) >= 11 is 0. The van der Waals surface area contributed by atoms with E-state index in [2.05, 4.69) is 20.2 Å². The highest BCUT2D eigenvalue weighted by Crippen LogP contribution is 2.51. The fourth-order valence-corrected chi connectivity index (χ4v) is 10.4. The van der Waals surface area contributed by atoms with Crippen LogP contribution in [0.3, 0.4) is 0 Å². The first kappa shape index (κ1) is 39.0. The molecule has 1 amide bonds. The Hall–Kier alpha value is -3.88. The number of carboxylic acids is 1. The van der Waals surface area contributed by atoms with Crippen LogP contribution in [0.5, 0.6) is 5.75 Å².